The average Bonchev–Trinajstić information content (AvgIpc) is 2.25. The molecule has 1 atom stereocenters. The molecule has 0 aromatic carbocycles. The first-order chi connectivity index (χ1) is 8.32. The molecule has 6 heteroatoms. The van der Waals surface area contributed by atoms with Crippen molar-refractivity contribution in [3.63, 3.8) is 0 Å². The third-order valence-corrected chi connectivity index (χ3v) is 2.79. The number of unbranched alkanes of at least 4 members (excludes halogenated alkanes) is 2. The fraction of sp³-hybridized carbons (Fsp3) is 0.917. The zero-order chi connectivity index (χ0) is 14.2. The Balaban J connectivity index is 4.53. The van der Waals surface area contributed by atoms with E-state index in [0.717, 1.165) is 25.7 Å². The van der Waals surface area contributed by atoms with Crippen LogP contribution in [0.25, 0.3) is 0 Å². The van der Waals surface area contributed by atoms with Crippen LogP contribution in [0.3, 0.4) is 0 Å². The van der Waals surface area contributed by atoms with Gasteiger partial charge in [0.25, 0.3) is 0 Å². The van der Waals surface area contributed by atoms with Crippen LogP contribution in [-0.2, 0) is 4.79 Å². The Hall–Kier alpha value is -0.780. The molecule has 0 aliphatic carbocycles. The van der Waals surface area contributed by atoms with Gasteiger partial charge in [0, 0.05) is 6.54 Å². The Bertz CT molecular complexity index is 236. The molecule has 0 heterocycles. The summed E-state index contributed by atoms with van der Waals surface area (Å²) in [5.41, 5.74) is 0. The van der Waals surface area contributed by atoms with E-state index in [4.69, 9.17) is 5.11 Å². The van der Waals surface area contributed by atoms with Crippen molar-refractivity contribution >= 4 is 5.97 Å². The second-order valence-corrected chi connectivity index (χ2v) is 4.44. The van der Waals surface area contributed by atoms with Gasteiger partial charge >= 0.3 is 12.1 Å². The summed E-state index contributed by atoms with van der Waals surface area (Å²) in [4.78, 5) is 12.3. The summed E-state index contributed by atoms with van der Waals surface area (Å²) < 4.78 is 37.7. The zero-order valence-corrected chi connectivity index (χ0v) is 11.0. The van der Waals surface area contributed by atoms with Crippen molar-refractivity contribution in [1.82, 2.24) is 4.90 Å². The van der Waals surface area contributed by atoms with E-state index in [1.54, 1.807) is 4.90 Å². The molecule has 0 spiro atoms. The molecule has 1 unspecified atom stereocenters. The number of hydrogen-bond donors (Lipinski definition) is 1. The van der Waals surface area contributed by atoms with Gasteiger partial charge in [-0.3, -0.25) is 4.79 Å². The van der Waals surface area contributed by atoms with Gasteiger partial charge in [-0.25, -0.2) is 0 Å². The second-order valence-electron chi connectivity index (χ2n) is 4.44. The Morgan fingerprint density at radius 2 is 1.61 bits per heavy atom. The Morgan fingerprint density at radius 1 is 1.17 bits per heavy atom. The van der Waals surface area contributed by atoms with Gasteiger partial charge in [-0.1, -0.05) is 26.7 Å². The maximum absolute atomic E-state index is 12.6. The van der Waals surface area contributed by atoms with E-state index < -0.39 is 24.6 Å². The fourth-order valence-electron chi connectivity index (χ4n) is 1.64. The van der Waals surface area contributed by atoms with E-state index in [1.807, 2.05) is 13.8 Å². The van der Waals surface area contributed by atoms with Crippen molar-refractivity contribution in [2.24, 2.45) is 5.92 Å². The number of halogens is 3. The Labute approximate surface area is 106 Å². The van der Waals surface area contributed by atoms with Gasteiger partial charge in [0.1, 0.15) is 0 Å². The molecule has 0 saturated carbocycles. The molecular formula is C12H22F3NO2. The van der Waals surface area contributed by atoms with Crippen LogP contribution in [0.15, 0.2) is 0 Å². The summed E-state index contributed by atoms with van der Waals surface area (Å²) in [5, 5.41) is 8.66. The molecule has 0 saturated heterocycles. The Morgan fingerprint density at radius 3 is 1.89 bits per heavy atom. The maximum Gasteiger partial charge on any atom is 0.403 e. The number of carboxylic acid groups (broad SMARTS) is 1. The van der Waals surface area contributed by atoms with Crippen molar-refractivity contribution in [3.05, 3.63) is 0 Å². The van der Waals surface area contributed by atoms with Crippen LogP contribution in [0, 0.1) is 5.92 Å². The third-order valence-electron chi connectivity index (χ3n) is 2.79. The average molecular weight is 269 g/mol. The summed E-state index contributed by atoms with van der Waals surface area (Å²) in [6.45, 7) is 4.51. The molecule has 0 amide bonds. The molecule has 108 valence electrons. The van der Waals surface area contributed by atoms with E-state index in [-0.39, 0.29) is 0 Å². The van der Waals surface area contributed by atoms with Gasteiger partial charge < -0.3 is 10.0 Å². The van der Waals surface area contributed by atoms with Crippen molar-refractivity contribution in [3.8, 4) is 0 Å². The number of aliphatic carboxylic acids is 1. The molecule has 0 bridgehead atoms. The van der Waals surface area contributed by atoms with E-state index in [2.05, 4.69) is 0 Å². The lowest BCUT2D eigenvalue weighted by molar-refractivity contribution is -0.196. The number of hydrogen-bond acceptors (Lipinski definition) is 2. The van der Waals surface area contributed by atoms with Crippen LogP contribution in [0.4, 0.5) is 13.2 Å². The Kier molecular flexibility index (Phi) is 7.98. The van der Waals surface area contributed by atoms with Crippen molar-refractivity contribution in [1.29, 1.82) is 0 Å². The van der Waals surface area contributed by atoms with E-state index in [0.29, 0.717) is 13.1 Å². The molecule has 0 aliphatic heterocycles. The van der Waals surface area contributed by atoms with Crippen LogP contribution in [0.1, 0.15) is 39.5 Å². The molecule has 0 fully saturated rings. The molecule has 3 nitrogen and oxygen atoms in total. The van der Waals surface area contributed by atoms with Crippen molar-refractivity contribution in [2.45, 2.75) is 45.7 Å². The van der Waals surface area contributed by atoms with Crippen molar-refractivity contribution in [2.75, 3.05) is 19.6 Å². The highest BCUT2D eigenvalue weighted by molar-refractivity contribution is 5.71. The van der Waals surface area contributed by atoms with Crippen LogP contribution in [0.2, 0.25) is 0 Å². The minimum Gasteiger partial charge on any atom is -0.481 e. The predicted molar refractivity (Wildman–Crippen MR) is 63.4 cm³/mol. The second kappa shape index (κ2) is 8.34. The van der Waals surface area contributed by atoms with Gasteiger partial charge in [0.05, 0.1) is 0 Å². The SMILES string of the molecule is CCCCN(CCCC)CC(C(=O)O)C(F)(F)F. The van der Waals surface area contributed by atoms with Gasteiger partial charge in [-0.15, -0.1) is 0 Å². The quantitative estimate of drug-likeness (QED) is 0.699. The lowest BCUT2D eigenvalue weighted by atomic mass is 10.1. The van der Waals surface area contributed by atoms with E-state index >= 15 is 0 Å². The number of carboxylic acids is 1. The summed E-state index contributed by atoms with van der Waals surface area (Å²) in [6.07, 6.45) is -1.34. The van der Waals surface area contributed by atoms with Crippen molar-refractivity contribution < 1.29 is 23.1 Å². The van der Waals surface area contributed by atoms with Gasteiger partial charge in [0.2, 0.25) is 0 Å². The lowest BCUT2D eigenvalue weighted by Crippen LogP contribution is -2.42. The van der Waals surface area contributed by atoms with Crippen LogP contribution in [0.5, 0.6) is 0 Å². The number of rotatable bonds is 9. The number of alkyl halides is 3. The van der Waals surface area contributed by atoms with Gasteiger partial charge in [-0.05, 0) is 25.9 Å². The normalized spacial score (nSPS) is 13.9. The highest BCUT2D eigenvalue weighted by Crippen LogP contribution is 2.27. The highest BCUT2D eigenvalue weighted by atomic mass is 19.4. The van der Waals surface area contributed by atoms with Gasteiger partial charge in [0.15, 0.2) is 5.92 Å². The maximum atomic E-state index is 12.6. The number of nitrogens with zero attached hydrogens (tertiary/aromatic N) is 1. The van der Waals surface area contributed by atoms with Crippen LogP contribution < -0.4 is 0 Å². The predicted octanol–water partition coefficient (Wildman–Crippen LogP) is 3.15. The highest BCUT2D eigenvalue weighted by Gasteiger charge is 2.45. The minimum atomic E-state index is -4.68. The lowest BCUT2D eigenvalue weighted by Gasteiger charge is -2.26. The monoisotopic (exact) mass is 269 g/mol. The first kappa shape index (κ1) is 17.2. The fourth-order valence-corrected chi connectivity index (χ4v) is 1.64. The standard InChI is InChI=1S/C12H22F3NO2/c1-3-5-7-16(8-6-4-2)9-10(11(17)18)12(13,14)15/h10H,3-9H2,1-2H3,(H,17,18). The first-order valence-electron chi connectivity index (χ1n) is 6.34. The summed E-state index contributed by atoms with van der Waals surface area (Å²) in [7, 11) is 0. The summed E-state index contributed by atoms with van der Waals surface area (Å²) >= 11 is 0. The molecule has 0 aromatic rings. The molecule has 18 heavy (non-hydrogen) atoms. The van der Waals surface area contributed by atoms with Crippen LogP contribution >= 0.6 is 0 Å². The molecule has 0 aliphatic rings. The van der Waals surface area contributed by atoms with Gasteiger partial charge in [-0.2, -0.15) is 13.2 Å². The summed E-state index contributed by atoms with van der Waals surface area (Å²) in [6, 6.07) is 0. The largest absolute Gasteiger partial charge is 0.481 e. The zero-order valence-electron chi connectivity index (χ0n) is 11.0. The molecule has 0 radical (unpaired) electrons. The molecular weight excluding hydrogens is 247 g/mol. The molecule has 0 rings (SSSR count). The third kappa shape index (κ3) is 6.83. The smallest absolute Gasteiger partial charge is 0.403 e. The number of carbonyl (C=O) groups is 1. The van der Waals surface area contributed by atoms with Crippen LogP contribution in [-0.4, -0.2) is 41.8 Å². The minimum absolute atomic E-state index is 0.446. The van der Waals surface area contributed by atoms with E-state index in [9.17, 15) is 18.0 Å². The first-order valence-corrected chi connectivity index (χ1v) is 6.34. The molecule has 1 N–H and O–H groups in total. The topological polar surface area (TPSA) is 40.5 Å². The van der Waals surface area contributed by atoms with E-state index in [1.165, 1.54) is 0 Å². The summed E-state index contributed by atoms with van der Waals surface area (Å²) in [5.74, 6) is -4.08. The molecule has 0 aromatic heterocycles.